The molecule has 1 aromatic heterocycles. The highest BCUT2D eigenvalue weighted by atomic mass is 19.3. The monoisotopic (exact) mass is 297 g/mol. The Hall–Kier alpha value is -3.04. The second-order valence-electron chi connectivity index (χ2n) is 3.64. The summed E-state index contributed by atoms with van der Waals surface area (Å²) < 4.78 is 28.7. The summed E-state index contributed by atoms with van der Waals surface area (Å²) in [4.78, 5) is 24.0. The van der Waals surface area contributed by atoms with E-state index in [9.17, 15) is 18.4 Å². The molecular formula is C11H9F2N5O3. The molecule has 0 radical (unpaired) electrons. The van der Waals surface area contributed by atoms with Crippen LogP contribution in [-0.4, -0.2) is 28.0 Å². The number of para-hydroxylation sites is 1. The zero-order valence-electron chi connectivity index (χ0n) is 10.3. The van der Waals surface area contributed by atoms with E-state index >= 15 is 0 Å². The number of H-pyrrole nitrogens is 2. The summed E-state index contributed by atoms with van der Waals surface area (Å²) >= 11 is 0. The molecule has 1 aromatic carbocycles. The Morgan fingerprint density at radius 1 is 1.33 bits per heavy atom. The van der Waals surface area contributed by atoms with Crippen molar-refractivity contribution in [2.24, 2.45) is 5.10 Å². The predicted molar refractivity (Wildman–Crippen MR) is 69.8 cm³/mol. The number of nitrogens with zero attached hydrogens (tertiary/aromatic N) is 2. The fourth-order valence-corrected chi connectivity index (χ4v) is 1.38. The third-order valence-corrected chi connectivity index (χ3v) is 2.22. The summed E-state index contributed by atoms with van der Waals surface area (Å²) in [5.74, 6) is -0.320. The van der Waals surface area contributed by atoms with Crippen molar-refractivity contribution in [1.29, 1.82) is 0 Å². The molecule has 0 amide bonds. The topological polar surface area (TPSA) is 112 Å². The number of ether oxygens (including phenoxy) is 1. The molecule has 1 heterocycles. The summed E-state index contributed by atoms with van der Waals surface area (Å²) in [5, 5.41) is 9.09. The molecule has 0 saturated heterocycles. The van der Waals surface area contributed by atoms with E-state index in [4.69, 9.17) is 0 Å². The first kappa shape index (κ1) is 14.4. The van der Waals surface area contributed by atoms with Crippen LogP contribution in [0.3, 0.4) is 0 Å². The number of halogens is 2. The summed E-state index contributed by atoms with van der Waals surface area (Å²) in [7, 11) is 0. The van der Waals surface area contributed by atoms with Gasteiger partial charge >= 0.3 is 12.3 Å². The Kier molecular flexibility index (Phi) is 4.39. The van der Waals surface area contributed by atoms with Gasteiger partial charge in [-0.05, 0) is 12.1 Å². The van der Waals surface area contributed by atoms with E-state index in [1.807, 2.05) is 10.1 Å². The number of hydrogen-bond acceptors (Lipinski definition) is 6. The molecule has 3 N–H and O–H groups in total. The second kappa shape index (κ2) is 6.41. The molecule has 2 aromatic rings. The molecule has 0 bridgehead atoms. The minimum Gasteiger partial charge on any atom is -0.434 e. The van der Waals surface area contributed by atoms with Gasteiger partial charge in [0.1, 0.15) is 5.75 Å². The fourth-order valence-electron chi connectivity index (χ4n) is 1.38. The number of anilines is 1. The van der Waals surface area contributed by atoms with E-state index in [-0.39, 0.29) is 17.1 Å². The molecule has 0 fully saturated rings. The van der Waals surface area contributed by atoms with Crippen molar-refractivity contribution in [2.45, 2.75) is 6.61 Å². The highest BCUT2D eigenvalue weighted by Gasteiger charge is 2.07. The number of nitrogens with one attached hydrogen (secondary N) is 3. The van der Waals surface area contributed by atoms with Crippen LogP contribution in [0.15, 0.2) is 39.0 Å². The van der Waals surface area contributed by atoms with Gasteiger partial charge < -0.3 is 4.74 Å². The number of alkyl halides is 2. The second-order valence-corrected chi connectivity index (χ2v) is 3.64. The van der Waals surface area contributed by atoms with E-state index in [2.05, 4.69) is 20.4 Å². The first-order valence-electron chi connectivity index (χ1n) is 5.58. The van der Waals surface area contributed by atoms with Crippen molar-refractivity contribution in [3.63, 3.8) is 0 Å². The number of hydrogen-bond donors (Lipinski definition) is 3. The van der Waals surface area contributed by atoms with Crippen LogP contribution in [0.1, 0.15) is 5.56 Å². The average molecular weight is 297 g/mol. The Labute approximate surface area is 115 Å². The van der Waals surface area contributed by atoms with Gasteiger partial charge in [-0.3, -0.25) is 15.2 Å². The number of rotatable bonds is 5. The smallest absolute Gasteiger partial charge is 0.387 e. The molecule has 0 spiro atoms. The molecule has 0 saturated carbocycles. The average Bonchev–Trinajstić information content (AvgIpc) is 2.42. The maximum Gasteiger partial charge on any atom is 0.387 e. The maximum absolute atomic E-state index is 12.2. The van der Waals surface area contributed by atoms with Crippen molar-refractivity contribution < 1.29 is 13.5 Å². The van der Waals surface area contributed by atoms with Gasteiger partial charge in [-0.1, -0.05) is 12.1 Å². The van der Waals surface area contributed by atoms with Crippen LogP contribution in [0, 0.1) is 0 Å². The van der Waals surface area contributed by atoms with Crippen LogP contribution in [-0.2, 0) is 0 Å². The Balaban J connectivity index is 2.14. The van der Waals surface area contributed by atoms with E-state index in [0.717, 1.165) is 0 Å². The zero-order chi connectivity index (χ0) is 15.2. The molecular weight excluding hydrogens is 288 g/mol. The number of hydrazone groups is 1. The zero-order valence-corrected chi connectivity index (χ0v) is 10.3. The van der Waals surface area contributed by atoms with Crippen molar-refractivity contribution in [2.75, 3.05) is 5.43 Å². The van der Waals surface area contributed by atoms with Crippen molar-refractivity contribution in [3.8, 4) is 5.75 Å². The summed E-state index contributed by atoms with van der Waals surface area (Å²) in [5.41, 5.74) is 1.01. The van der Waals surface area contributed by atoms with Crippen LogP contribution in [0.25, 0.3) is 0 Å². The summed E-state index contributed by atoms with van der Waals surface area (Å²) in [6.07, 6.45) is 1.17. The lowest BCUT2D eigenvalue weighted by Gasteiger charge is -2.06. The van der Waals surface area contributed by atoms with Gasteiger partial charge in [0.2, 0.25) is 5.82 Å². The lowest BCUT2D eigenvalue weighted by molar-refractivity contribution is -0.0499. The molecule has 0 atom stereocenters. The van der Waals surface area contributed by atoms with Crippen LogP contribution < -0.4 is 21.4 Å². The van der Waals surface area contributed by atoms with Crippen LogP contribution in [0.5, 0.6) is 5.75 Å². The highest BCUT2D eigenvalue weighted by Crippen LogP contribution is 2.18. The van der Waals surface area contributed by atoms with Crippen molar-refractivity contribution in [1.82, 2.24) is 15.2 Å². The Morgan fingerprint density at radius 3 is 2.81 bits per heavy atom. The van der Waals surface area contributed by atoms with Crippen LogP contribution in [0.2, 0.25) is 0 Å². The van der Waals surface area contributed by atoms with E-state index in [0.29, 0.717) is 0 Å². The van der Waals surface area contributed by atoms with Gasteiger partial charge in [0, 0.05) is 5.56 Å². The van der Waals surface area contributed by atoms with Crippen molar-refractivity contribution in [3.05, 3.63) is 50.7 Å². The quantitative estimate of drug-likeness (QED) is 0.549. The van der Waals surface area contributed by atoms with Crippen LogP contribution >= 0.6 is 0 Å². The number of aromatic amines is 2. The largest absolute Gasteiger partial charge is 0.434 e. The molecule has 8 nitrogen and oxygen atoms in total. The molecule has 0 aliphatic rings. The molecule has 10 heteroatoms. The van der Waals surface area contributed by atoms with Crippen LogP contribution in [0.4, 0.5) is 14.6 Å². The summed E-state index contributed by atoms with van der Waals surface area (Å²) in [6, 6.07) is 5.97. The lowest BCUT2D eigenvalue weighted by Crippen LogP contribution is -2.25. The number of benzene rings is 1. The third kappa shape index (κ3) is 3.96. The van der Waals surface area contributed by atoms with E-state index in [1.165, 1.54) is 24.4 Å². The Bertz CT molecular complexity index is 756. The van der Waals surface area contributed by atoms with Gasteiger partial charge in [-0.2, -0.15) is 13.9 Å². The standard InChI is InChI=1S/C11H9F2N5O3/c12-10(13)21-7-4-2-1-3-6(7)5-14-16-8-9(19)15-11(20)18-17-8/h1-5,10H,(H,16,17)(H2,15,18,19,20)/b14-5+. The lowest BCUT2D eigenvalue weighted by atomic mass is 10.2. The summed E-state index contributed by atoms with van der Waals surface area (Å²) in [6.45, 7) is -2.96. The molecule has 0 aliphatic carbocycles. The number of aromatic nitrogens is 3. The Morgan fingerprint density at radius 2 is 2.10 bits per heavy atom. The van der Waals surface area contributed by atoms with Gasteiger partial charge in [-0.15, -0.1) is 5.10 Å². The molecule has 2 rings (SSSR count). The fraction of sp³-hybridized carbons (Fsp3) is 0.0909. The van der Waals surface area contributed by atoms with Gasteiger partial charge in [-0.25, -0.2) is 9.89 Å². The van der Waals surface area contributed by atoms with E-state index < -0.39 is 17.9 Å². The molecule has 0 unspecified atom stereocenters. The third-order valence-electron chi connectivity index (χ3n) is 2.22. The normalized spacial score (nSPS) is 11.0. The minimum absolute atomic E-state index is 0.0682. The molecule has 21 heavy (non-hydrogen) atoms. The molecule has 0 aliphatic heterocycles. The first-order valence-corrected chi connectivity index (χ1v) is 5.58. The highest BCUT2D eigenvalue weighted by molar-refractivity contribution is 5.83. The van der Waals surface area contributed by atoms with Crippen molar-refractivity contribution >= 4 is 12.0 Å². The first-order chi connectivity index (χ1) is 10.1. The van der Waals surface area contributed by atoms with Gasteiger partial charge in [0.15, 0.2) is 0 Å². The minimum atomic E-state index is -2.96. The molecule has 110 valence electrons. The van der Waals surface area contributed by atoms with E-state index in [1.54, 1.807) is 6.07 Å². The van der Waals surface area contributed by atoms with Gasteiger partial charge in [0.05, 0.1) is 6.21 Å². The predicted octanol–water partition coefficient (Wildman–Crippen LogP) is 0.506. The van der Waals surface area contributed by atoms with Gasteiger partial charge in [0.25, 0.3) is 5.56 Å². The SMILES string of the molecule is O=c1[nH]nc(N/N=C/c2ccccc2OC(F)F)c(=O)[nH]1. The maximum atomic E-state index is 12.2.